The molecule has 3 amide bonds. The van der Waals surface area contributed by atoms with Crippen LogP contribution in [-0.4, -0.2) is 60.0 Å². The van der Waals surface area contributed by atoms with Crippen LogP contribution in [0.15, 0.2) is 18.2 Å². The third-order valence-electron chi connectivity index (χ3n) is 7.16. The molecule has 1 aromatic carbocycles. The molecule has 39 heavy (non-hydrogen) atoms. The predicted octanol–water partition coefficient (Wildman–Crippen LogP) is 2.77. The van der Waals surface area contributed by atoms with Crippen LogP contribution < -0.4 is 20.8 Å². The molecule has 0 aliphatic carbocycles. The highest BCUT2D eigenvalue weighted by Crippen LogP contribution is 2.26. The van der Waals surface area contributed by atoms with Gasteiger partial charge >= 0.3 is 5.97 Å². The van der Waals surface area contributed by atoms with Gasteiger partial charge in [-0.1, -0.05) is 20.8 Å². The van der Waals surface area contributed by atoms with Gasteiger partial charge in [0.1, 0.15) is 35.8 Å². The first kappa shape index (κ1) is 30.3. The molecule has 0 radical (unpaired) electrons. The van der Waals surface area contributed by atoms with Gasteiger partial charge < -0.3 is 20.1 Å². The molecule has 2 aliphatic heterocycles. The van der Waals surface area contributed by atoms with Crippen LogP contribution in [0, 0.1) is 17.7 Å². The van der Waals surface area contributed by atoms with Gasteiger partial charge in [0.15, 0.2) is 0 Å². The molecule has 2 aliphatic rings. The zero-order chi connectivity index (χ0) is 28.7. The van der Waals surface area contributed by atoms with E-state index in [9.17, 15) is 23.6 Å². The Morgan fingerprint density at radius 1 is 0.974 bits per heavy atom. The molecule has 3 N–H and O–H groups in total. The monoisotopic (exact) mass is 548 g/mol. The minimum atomic E-state index is -0.899. The Balaban J connectivity index is 1.81. The van der Waals surface area contributed by atoms with Crippen LogP contribution in [-0.2, 0) is 23.9 Å². The van der Waals surface area contributed by atoms with Crippen LogP contribution in [0.2, 0.25) is 0 Å². The number of carbonyl (C=O) groups excluding carboxylic acids is 4. The van der Waals surface area contributed by atoms with E-state index in [4.69, 9.17) is 9.47 Å². The number of hydrazine groups is 1. The molecule has 216 valence electrons. The summed E-state index contributed by atoms with van der Waals surface area (Å²) in [5, 5.41) is 6.84. The summed E-state index contributed by atoms with van der Waals surface area (Å²) in [4.78, 5) is 51.9. The Labute approximate surface area is 229 Å². The third-order valence-corrected chi connectivity index (χ3v) is 7.16. The van der Waals surface area contributed by atoms with E-state index in [0.717, 1.165) is 0 Å². The summed E-state index contributed by atoms with van der Waals surface area (Å²) in [5.41, 5.74) is 3.08. The number of amides is 3. The highest BCUT2D eigenvalue weighted by Gasteiger charge is 2.34. The maximum Gasteiger partial charge on any atom is 0.325 e. The zero-order valence-corrected chi connectivity index (χ0v) is 23.4. The number of esters is 1. The van der Waals surface area contributed by atoms with E-state index in [1.54, 1.807) is 13.8 Å². The number of fused-ring (bicyclic) bond motifs is 4. The van der Waals surface area contributed by atoms with E-state index in [1.807, 2.05) is 20.8 Å². The number of rotatable bonds is 1. The lowest BCUT2D eigenvalue weighted by atomic mass is 9.99. The minimum Gasteiger partial charge on any atom is -0.494 e. The summed E-state index contributed by atoms with van der Waals surface area (Å²) in [7, 11) is 0. The molecule has 10 nitrogen and oxygen atoms in total. The molecule has 0 saturated carbocycles. The Hall–Kier alpha value is -3.21. The first-order valence-electron chi connectivity index (χ1n) is 13.8. The van der Waals surface area contributed by atoms with Crippen LogP contribution in [0.3, 0.4) is 0 Å². The largest absolute Gasteiger partial charge is 0.494 e. The molecule has 3 rings (SSSR count). The highest BCUT2D eigenvalue weighted by molar-refractivity contribution is 5.92. The third kappa shape index (κ3) is 8.14. The SMILES string of the molecule is CC1CCCCOc2ccc(F)c(c2)C(C)OC(=O)C2CCCN(N2)C(=O)C(C)NC(=O)C(C(C)C)NC1=O. The fraction of sp³-hybridized carbons (Fsp3) is 0.643. The lowest BCUT2D eigenvalue weighted by molar-refractivity contribution is -0.157. The van der Waals surface area contributed by atoms with Gasteiger partial charge in [-0.05, 0) is 70.1 Å². The number of hydrogen-bond donors (Lipinski definition) is 3. The second-order valence-corrected chi connectivity index (χ2v) is 10.8. The van der Waals surface area contributed by atoms with Gasteiger partial charge in [0, 0.05) is 18.0 Å². The number of halogens is 1. The van der Waals surface area contributed by atoms with Gasteiger partial charge in [-0.3, -0.25) is 24.2 Å². The van der Waals surface area contributed by atoms with Crippen molar-refractivity contribution in [2.75, 3.05) is 13.2 Å². The van der Waals surface area contributed by atoms with E-state index in [0.29, 0.717) is 51.0 Å². The summed E-state index contributed by atoms with van der Waals surface area (Å²) in [6.07, 6.45) is 2.07. The Bertz CT molecular complexity index is 1050. The number of nitrogens with zero attached hydrogens (tertiary/aromatic N) is 1. The molecular formula is C28H41FN4O6. The van der Waals surface area contributed by atoms with Gasteiger partial charge in [0.05, 0.1) is 6.61 Å². The van der Waals surface area contributed by atoms with Crippen LogP contribution in [0.4, 0.5) is 4.39 Å². The Kier molecular flexibility index (Phi) is 10.7. The standard InChI is InChI=1S/C28H41FN4O6/c1-16(2)24-26(35)30-18(4)27(36)33-13-8-10-23(32-33)28(37)39-19(5)21-15-20(11-12-22(21)29)38-14-7-6-9-17(3)25(34)31-24/h11-12,15-19,23-24,32H,6-10,13-14H2,1-5H3,(H,30,35)(H,31,34). The van der Waals surface area contributed by atoms with E-state index in [-0.39, 0.29) is 23.3 Å². The number of nitrogens with one attached hydrogen (secondary N) is 3. The van der Waals surface area contributed by atoms with Gasteiger partial charge in [0.25, 0.3) is 5.91 Å². The van der Waals surface area contributed by atoms with Crippen molar-refractivity contribution >= 4 is 23.7 Å². The van der Waals surface area contributed by atoms with Gasteiger partial charge in [0.2, 0.25) is 11.8 Å². The summed E-state index contributed by atoms with van der Waals surface area (Å²) in [6, 6.07) is 1.81. The lowest BCUT2D eigenvalue weighted by Crippen LogP contribution is -2.61. The van der Waals surface area contributed by atoms with Crippen LogP contribution in [0.1, 0.15) is 78.4 Å². The van der Waals surface area contributed by atoms with E-state index in [2.05, 4.69) is 16.1 Å². The van der Waals surface area contributed by atoms with Crippen molar-refractivity contribution in [1.82, 2.24) is 21.1 Å². The number of hydrogen-bond acceptors (Lipinski definition) is 7. The first-order valence-corrected chi connectivity index (χ1v) is 13.8. The molecule has 5 unspecified atom stereocenters. The van der Waals surface area contributed by atoms with Crippen molar-refractivity contribution < 1.29 is 33.0 Å². The first-order chi connectivity index (χ1) is 18.5. The minimum absolute atomic E-state index is 0.188. The zero-order valence-electron chi connectivity index (χ0n) is 23.4. The summed E-state index contributed by atoms with van der Waals surface area (Å²) >= 11 is 0. The van der Waals surface area contributed by atoms with E-state index in [1.165, 1.54) is 23.2 Å². The van der Waals surface area contributed by atoms with E-state index >= 15 is 0 Å². The smallest absolute Gasteiger partial charge is 0.325 e. The predicted molar refractivity (Wildman–Crippen MR) is 142 cm³/mol. The van der Waals surface area contributed by atoms with Gasteiger partial charge in [-0.2, -0.15) is 0 Å². The molecule has 1 fully saturated rings. The summed E-state index contributed by atoms with van der Waals surface area (Å²) in [6.45, 7) is 9.32. The molecule has 11 heteroatoms. The number of ether oxygens (including phenoxy) is 2. The quantitative estimate of drug-likeness (QED) is 0.461. The molecule has 1 aromatic rings. The van der Waals surface area contributed by atoms with Crippen molar-refractivity contribution in [2.24, 2.45) is 11.8 Å². The van der Waals surface area contributed by atoms with Gasteiger partial charge in [-0.25, -0.2) is 9.82 Å². The average Bonchev–Trinajstić information content (AvgIpc) is 2.90. The average molecular weight is 549 g/mol. The fourth-order valence-electron chi connectivity index (χ4n) is 4.66. The second kappa shape index (κ2) is 13.7. The van der Waals surface area contributed by atoms with Crippen LogP contribution in [0.25, 0.3) is 0 Å². The van der Waals surface area contributed by atoms with Crippen molar-refractivity contribution in [3.63, 3.8) is 0 Å². The molecule has 1 saturated heterocycles. The summed E-state index contributed by atoms with van der Waals surface area (Å²) in [5.74, 6) is -2.30. The lowest BCUT2D eigenvalue weighted by Gasteiger charge is -2.35. The summed E-state index contributed by atoms with van der Waals surface area (Å²) < 4.78 is 25.9. The Morgan fingerprint density at radius 3 is 2.44 bits per heavy atom. The van der Waals surface area contributed by atoms with Crippen LogP contribution >= 0.6 is 0 Å². The second-order valence-electron chi connectivity index (χ2n) is 10.8. The molecule has 0 spiro atoms. The number of cyclic esters (lactones) is 1. The van der Waals surface area contributed by atoms with Gasteiger partial charge in [-0.15, -0.1) is 0 Å². The topological polar surface area (TPSA) is 126 Å². The Morgan fingerprint density at radius 2 is 1.72 bits per heavy atom. The van der Waals surface area contributed by atoms with E-state index < -0.39 is 47.8 Å². The van der Waals surface area contributed by atoms with Crippen molar-refractivity contribution in [1.29, 1.82) is 0 Å². The highest BCUT2D eigenvalue weighted by atomic mass is 19.1. The molecule has 4 bridgehead atoms. The maximum atomic E-state index is 14.6. The molecule has 2 heterocycles. The normalized spacial score (nSPS) is 28.4. The molecular weight excluding hydrogens is 507 g/mol. The fourth-order valence-corrected chi connectivity index (χ4v) is 4.66. The number of carbonyl (C=O) groups is 4. The molecule has 0 aromatic heterocycles. The van der Waals surface area contributed by atoms with Crippen molar-refractivity contribution in [3.8, 4) is 5.75 Å². The molecule has 5 atom stereocenters. The van der Waals surface area contributed by atoms with Crippen LogP contribution in [0.5, 0.6) is 5.75 Å². The number of benzene rings is 1. The van der Waals surface area contributed by atoms with Crippen molar-refractivity contribution in [2.45, 2.75) is 91.0 Å². The maximum absolute atomic E-state index is 14.6. The van der Waals surface area contributed by atoms with Crippen molar-refractivity contribution in [3.05, 3.63) is 29.6 Å².